The first-order chi connectivity index (χ1) is 5.54. The molecule has 0 saturated carbocycles. The molecule has 1 saturated heterocycles. The van der Waals surface area contributed by atoms with Crippen LogP contribution in [0.25, 0.3) is 0 Å². The van der Waals surface area contributed by atoms with Crippen LogP contribution < -0.4 is 16.8 Å². The summed E-state index contributed by atoms with van der Waals surface area (Å²) < 4.78 is 0. The second kappa shape index (κ2) is 5.36. The zero-order chi connectivity index (χ0) is 9.56. The van der Waals surface area contributed by atoms with Gasteiger partial charge in [-0.3, -0.25) is 10.2 Å². The van der Waals surface area contributed by atoms with E-state index in [-0.39, 0.29) is 12.0 Å². The zero-order valence-corrected chi connectivity index (χ0v) is 6.71. The number of guanidine groups is 1. The van der Waals surface area contributed by atoms with E-state index >= 15 is 0 Å². The fourth-order valence-electron chi connectivity index (χ4n) is 0.895. The predicted molar refractivity (Wildman–Crippen MR) is 44.8 cm³/mol. The van der Waals surface area contributed by atoms with Crippen LogP contribution in [0.5, 0.6) is 0 Å². The number of nitrogens with two attached hydrogens (primary N) is 2. The lowest BCUT2D eigenvalue weighted by atomic mass is 10.2. The van der Waals surface area contributed by atoms with Gasteiger partial charge in [-0.1, -0.05) is 0 Å². The van der Waals surface area contributed by atoms with E-state index in [4.69, 9.17) is 10.5 Å². The molecule has 7 N–H and O–H groups in total. The molecule has 0 aromatic rings. The third-order valence-corrected chi connectivity index (χ3v) is 1.36. The smallest absolute Gasteiger partial charge is 0.320 e. The van der Waals surface area contributed by atoms with Gasteiger partial charge in [0.2, 0.25) is 0 Å². The molecule has 12 heavy (non-hydrogen) atoms. The summed E-state index contributed by atoms with van der Waals surface area (Å²) in [6, 6.07) is -0.269. The monoisotopic (exact) mass is 174 g/mol. The fraction of sp³-hybridized carbons (Fsp3) is 0.667. The van der Waals surface area contributed by atoms with Crippen LogP contribution in [0, 0.1) is 5.41 Å². The summed E-state index contributed by atoms with van der Waals surface area (Å²) in [6.45, 7) is 0.858. The highest BCUT2D eigenvalue weighted by atomic mass is 16.4. The minimum atomic E-state index is -0.720. The van der Waals surface area contributed by atoms with Crippen molar-refractivity contribution < 1.29 is 9.90 Å². The molecule has 70 valence electrons. The van der Waals surface area contributed by atoms with E-state index in [2.05, 4.69) is 16.8 Å². The Morgan fingerprint density at radius 3 is 2.25 bits per heavy atom. The molecule has 1 heterocycles. The standard InChI is InChI=1S/C5H9NO2.CH5N3/c7-5(8)4-2-1-3-6-4;2-1(3)4/h4,6H,1-3H2,(H,7,8);(H5,2,3,4)/t4-;/m0./s1. The van der Waals surface area contributed by atoms with Crippen LogP contribution in [0.2, 0.25) is 0 Å². The number of carboxylic acids is 1. The maximum Gasteiger partial charge on any atom is 0.320 e. The van der Waals surface area contributed by atoms with Crippen LogP contribution in [-0.2, 0) is 4.79 Å². The summed E-state index contributed by atoms with van der Waals surface area (Å²) in [5.74, 6) is -1.05. The van der Waals surface area contributed by atoms with Crippen LogP contribution >= 0.6 is 0 Å². The minimum absolute atomic E-state index is 0.269. The Balaban J connectivity index is 0.000000261. The van der Waals surface area contributed by atoms with Crippen molar-refractivity contribution in [3.63, 3.8) is 0 Å². The van der Waals surface area contributed by atoms with E-state index < -0.39 is 5.97 Å². The summed E-state index contributed by atoms with van der Waals surface area (Å²) in [4.78, 5) is 10.1. The SMILES string of the molecule is N=C(N)N.O=C(O)[C@@H]1CCCN1. The molecule has 0 radical (unpaired) electrons. The molecule has 1 aliphatic rings. The second-order valence-electron chi connectivity index (χ2n) is 2.44. The number of carbonyl (C=O) groups is 1. The van der Waals surface area contributed by atoms with Crippen molar-refractivity contribution in [1.82, 2.24) is 5.32 Å². The van der Waals surface area contributed by atoms with Crippen molar-refractivity contribution >= 4 is 11.9 Å². The van der Waals surface area contributed by atoms with Crippen molar-refractivity contribution in [2.75, 3.05) is 6.54 Å². The van der Waals surface area contributed by atoms with Gasteiger partial charge in [0, 0.05) is 0 Å². The van der Waals surface area contributed by atoms with Crippen molar-refractivity contribution in [3.05, 3.63) is 0 Å². The van der Waals surface area contributed by atoms with Gasteiger partial charge in [0.05, 0.1) is 0 Å². The third kappa shape index (κ3) is 5.48. The molecule has 6 heteroatoms. The Bertz CT molecular complexity index is 161. The quantitative estimate of drug-likeness (QED) is 0.248. The third-order valence-electron chi connectivity index (χ3n) is 1.36. The molecule has 1 aliphatic heterocycles. The number of carboxylic acid groups (broad SMARTS) is 1. The van der Waals surface area contributed by atoms with Crippen LogP contribution in [-0.4, -0.2) is 29.6 Å². The Morgan fingerprint density at radius 2 is 2.08 bits per heavy atom. The van der Waals surface area contributed by atoms with Crippen LogP contribution in [0.4, 0.5) is 0 Å². The number of hydrogen-bond donors (Lipinski definition) is 5. The molecule has 0 unspecified atom stereocenters. The van der Waals surface area contributed by atoms with Crippen LogP contribution in [0.1, 0.15) is 12.8 Å². The van der Waals surface area contributed by atoms with Crippen LogP contribution in [0.3, 0.4) is 0 Å². The average Bonchev–Trinajstić information content (AvgIpc) is 2.34. The molecular weight excluding hydrogens is 160 g/mol. The average molecular weight is 174 g/mol. The van der Waals surface area contributed by atoms with Gasteiger partial charge in [-0.2, -0.15) is 0 Å². The maximum absolute atomic E-state index is 10.1. The first kappa shape index (κ1) is 10.7. The lowest BCUT2D eigenvalue weighted by molar-refractivity contribution is -0.139. The largest absolute Gasteiger partial charge is 0.480 e. The number of aliphatic carboxylic acids is 1. The van der Waals surface area contributed by atoms with E-state index in [0.29, 0.717) is 0 Å². The maximum atomic E-state index is 10.1. The highest BCUT2D eigenvalue weighted by molar-refractivity contribution is 5.73. The molecule has 0 aromatic heterocycles. The van der Waals surface area contributed by atoms with Gasteiger partial charge in [-0.05, 0) is 19.4 Å². The van der Waals surface area contributed by atoms with E-state index in [1.807, 2.05) is 0 Å². The molecule has 0 bridgehead atoms. The van der Waals surface area contributed by atoms with Gasteiger partial charge in [0.25, 0.3) is 0 Å². The summed E-state index contributed by atoms with van der Waals surface area (Å²) in [5.41, 5.74) is 8.94. The summed E-state index contributed by atoms with van der Waals surface area (Å²) in [5, 5.41) is 17.3. The molecule has 0 aromatic carbocycles. The molecule has 6 nitrogen and oxygen atoms in total. The molecule has 0 amide bonds. The Hall–Kier alpha value is -1.30. The molecule has 0 aliphatic carbocycles. The Kier molecular flexibility index (Phi) is 4.78. The topological polar surface area (TPSA) is 125 Å². The van der Waals surface area contributed by atoms with E-state index in [1.165, 1.54) is 0 Å². The van der Waals surface area contributed by atoms with Crippen molar-refractivity contribution in [2.24, 2.45) is 11.5 Å². The van der Waals surface area contributed by atoms with Crippen molar-refractivity contribution in [2.45, 2.75) is 18.9 Å². The zero-order valence-electron chi connectivity index (χ0n) is 6.71. The normalized spacial score (nSPS) is 20.8. The minimum Gasteiger partial charge on any atom is -0.480 e. The van der Waals surface area contributed by atoms with E-state index in [1.54, 1.807) is 0 Å². The highest BCUT2D eigenvalue weighted by Crippen LogP contribution is 2.03. The Morgan fingerprint density at radius 1 is 1.58 bits per heavy atom. The van der Waals surface area contributed by atoms with Gasteiger partial charge in [-0.15, -0.1) is 0 Å². The number of nitrogens with one attached hydrogen (secondary N) is 2. The van der Waals surface area contributed by atoms with Gasteiger partial charge in [0.1, 0.15) is 6.04 Å². The number of hydrogen-bond acceptors (Lipinski definition) is 3. The lowest BCUT2D eigenvalue weighted by Crippen LogP contribution is -2.29. The lowest BCUT2D eigenvalue weighted by Gasteiger charge is -1.99. The van der Waals surface area contributed by atoms with Gasteiger partial charge in [-0.25, -0.2) is 0 Å². The molecular formula is C6H14N4O2. The summed E-state index contributed by atoms with van der Waals surface area (Å²) >= 11 is 0. The van der Waals surface area contributed by atoms with Gasteiger partial charge >= 0.3 is 5.97 Å². The predicted octanol–water partition coefficient (Wildman–Crippen LogP) is -1.34. The van der Waals surface area contributed by atoms with E-state index in [9.17, 15) is 4.79 Å². The van der Waals surface area contributed by atoms with E-state index in [0.717, 1.165) is 19.4 Å². The summed E-state index contributed by atoms with van der Waals surface area (Å²) in [6.07, 6.45) is 1.78. The van der Waals surface area contributed by atoms with Crippen LogP contribution in [0.15, 0.2) is 0 Å². The number of rotatable bonds is 1. The van der Waals surface area contributed by atoms with Gasteiger partial charge < -0.3 is 21.9 Å². The van der Waals surface area contributed by atoms with Gasteiger partial charge in [0.15, 0.2) is 5.96 Å². The first-order valence-electron chi connectivity index (χ1n) is 3.59. The summed E-state index contributed by atoms with van der Waals surface area (Å²) in [7, 11) is 0. The van der Waals surface area contributed by atoms with Crippen molar-refractivity contribution in [1.29, 1.82) is 5.41 Å². The molecule has 1 fully saturated rings. The second-order valence-corrected chi connectivity index (χ2v) is 2.44. The fourth-order valence-corrected chi connectivity index (χ4v) is 0.895. The van der Waals surface area contributed by atoms with Crippen molar-refractivity contribution in [3.8, 4) is 0 Å². The Labute approximate surface area is 70.4 Å². The molecule has 1 rings (SSSR count). The highest BCUT2D eigenvalue weighted by Gasteiger charge is 2.20. The first-order valence-corrected chi connectivity index (χ1v) is 3.59. The molecule has 0 spiro atoms. The molecule has 1 atom stereocenters.